The lowest BCUT2D eigenvalue weighted by Gasteiger charge is -2.36. The molecule has 1 aliphatic rings. The van der Waals surface area contributed by atoms with E-state index in [0.29, 0.717) is 12.6 Å². The summed E-state index contributed by atoms with van der Waals surface area (Å²) in [6, 6.07) is 0.332. The molecule has 13 heavy (non-hydrogen) atoms. The fourth-order valence-electron chi connectivity index (χ4n) is 1.62. The first-order valence-corrected chi connectivity index (χ1v) is 4.78. The number of nitrogens with zero attached hydrogens (tertiary/aromatic N) is 2. The molecule has 1 rings (SSSR count). The first-order valence-electron chi connectivity index (χ1n) is 4.78. The second-order valence-corrected chi connectivity index (χ2v) is 3.70. The Morgan fingerprint density at radius 2 is 2.23 bits per heavy atom. The highest BCUT2D eigenvalue weighted by Gasteiger charge is 2.24. The van der Waals surface area contributed by atoms with Crippen LogP contribution in [0.15, 0.2) is 12.7 Å². The van der Waals surface area contributed by atoms with E-state index in [2.05, 4.69) is 25.3 Å². The third-order valence-corrected chi connectivity index (χ3v) is 2.35. The summed E-state index contributed by atoms with van der Waals surface area (Å²) in [5.74, 6) is 0.239. The van der Waals surface area contributed by atoms with E-state index in [1.807, 2.05) is 11.0 Å². The highest BCUT2D eigenvalue weighted by atomic mass is 16.2. The van der Waals surface area contributed by atoms with Crippen molar-refractivity contribution >= 4 is 5.91 Å². The number of carbonyl (C=O) groups excluding carboxylic acids is 1. The first kappa shape index (κ1) is 10.3. The van der Waals surface area contributed by atoms with Crippen LogP contribution in [0, 0.1) is 0 Å². The molecule has 0 aromatic carbocycles. The van der Waals surface area contributed by atoms with E-state index in [-0.39, 0.29) is 5.91 Å². The minimum absolute atomic E-state index is 0.239. The largest absolute Gasteiger partial charge is 0.338 e. The van der Waals surface area contributed by atoms with E-state index in [0.717, 1.165) is 19.6 Å². The predicted octanol–water partition coefficient (Wildman–Crippen LogP) is 0.725. The molecule has 74 valence electrons. The van der Waals surface area contributed by atoms with Crippen molar-refractivity contribution in [2.75, 3.05) is 26.2 Å². The molecule has 0 aliphatic carbocycles. The topological polar surface area (TPSA) is 23.6 Å². The molecule has 1 fully saturated rings. The number of carbonyl (C=O) groups is 1. The maximum atomic E-state index is 11.6. The molecule has 0 aromatic rings. The van der Waals surface area contributed by atoms with Gasteiger partial charge in [0, 0.05) is 25.7 Å². The van der Waals surface area contributed by atoms with Crippen LogP contribution in [-0.2, 0) is 4.79 Å². The Hall–Kier alpha value is -0.830. The van der Waals surface area contributed by atoms with Crippen molar-refractivity contribution in [2.45, 2.75) is 19.9 Å². The van der Waals surface area contributed by atoms with Crippen LogP contribution in [0.3, 0.4) is 0 Å². The Balaban J connectivity index is 2.46. The highest BCUT2D eigenvalue weighted by molar-refractivity contribution is 5.79. The molecule has 0 aromatic heterocycles. The highest BCUT2D eigenvalue weighted by Crippen LogP contribution is 2.06. The summed E-state index contributed by atoms with van der Waals surface area (Å²) >= 11 is 0. The van der Waals surface area contributed by atoms with Crippen LogP contribution >= 0.6 is 0 Å². The van der Waals surface area contributed by atoms with Gasteiger partial charge in [0.15, 0.2) is 0 Å². The zero-order chi connectivity index (χ0) is 9.84. The van der Waals surface area contributed by atoms with E-state index in [9.17, 15) is 4.79 Å². The van der Waals surface area contributed by atoms with Crippen LogP contribution in [0.2, 0.25) is 0 Å². The first-order chi connectivity index (χ1) is 6.15. The molecule has 0 unspecified atom stereocenters. The molecule has 0 spiro atoms. The van der Waals surface area contributed by atoms with Gasteiger partial charge in [0.1, 0.15) is 0 Å². The molecule has 1 saturated heterocycles. The van der Waals surface area contributed by atoms with Gasteiger partial charge in [-0.05, 0) is 13.8 Å². The van der Waals surface area contributed by atoms with E-state index in [1.165, 1.54) is 0 Å². The van der Waals surface area contributed by atoms with Crippen molar-refractivity contribution in [3.8, 4) is 0 Å². The van der Waals surface area contributed by atoms with Crippen molar-refractivity contribution in [3.63, 3.8) is 0 Å². The van der Waals surface area contributed by atoms with Gasteiger partial charge in [0.2, 0.25) is 5.91 Å². The van der Waals surface area contributed by atoms with E-state index >= 15 is 0 Å². The average molecular weight is 182 g/mol. The smallest absolute Gasteiger partial charge is 0.237 e. The molecule has 1 amide bonds. The fraction of sp³-hybridized carbons (Fsp3) is 0.700. The summed E-state index contributed by atoms with van der Waals surface area (Å²) in [5, 5.41) is 0. The summed E-state index contributed by atoms with van der Waals surface area (Å²) in [6.45, 7) is 11.0. The molecule has 0 atom stereocenters. The van der Waals surface area contributed by atoms with Crippen LogP contribution in [0.1, 0.15) is 13.8 Å². The maximum absolute atomic E-state index is 11.6. The van der Waals surface area contributed by atoms with Crippen LogP contribution < -0.4 is 0 Å². The third-order valence-electron chi connectivity index (χ3n) is 2.35. The second-order valence-electron chi connectivity index (χ2n) is 3.70. The summed E-state index contributed by atoms with van der Waals surface area (Å²) in [6.07, 6.45) is 1.85. The van der Waals surface area contributed by atoms with Gasteiger partial charge in [0.25, 0.3) is 0 Å². The van der Waals surface area contributed by atoms with Gasteiger partial charge in [-0.25, -0.2) is 0 Å². The van der Waals surface area contributed by atoms with Crippen molar-refractivity contribution in [3.05, 3.63) is 12.7 Å². The normalized spacial score (nSPS) is 19.6. The van der Waals surface area contributed by atoms with Crippen molar-refractivity contribution in [1.29, 1.82) is 0 Å². The zero-order valence-corrected chi connectivity index (χ0v) is 8.49. The summed E-state index contributed by atoms with van der Waals surface area (Å²) in [7, 11) is 0. The van der Waals surface area contributed by atoms with Crippen LogP contribution in [0.5, 0.6) is 0 Å². The van der Waals surface area contributed by atoms with Gasteiger partial charge < -0.3 is 4.90 Å². The predicted molar refractivity (Wildman–Crippen MR) is 53.5 cm³/mol. The number of amides is 1. The van der Waals surface area contributed by atoms with Gasteiger partial charge in [-0.3, -0.25) is 9.69 Å². The minimum atomic E-state index is 0.239. The van der Waals surface area contributed by atoms with E-state index < -0.39 is 0 Å². The maximum Gasteiger partial charge on any atom is 0.237 e. The Morgan fingerprint density at radius 1 is 1.54 bits per heavy atom. The fourth-order valence-corrected chi connectivity index (χ4v) is 1.62. The zero-order valence-electron chi connectivity index (χ0n) is 8.49. The number of piperazine rings is 1. The molecule has 0 bridgehead atoms. The quantitative estimate of drug-likeness (QED) is 0.601. The van der Waals surface area contributed by atoms with Gasteiger partial charge in [-0.1, -0.05) is 6.08 Å². The molecular weight excluding hydrogens is 164 g/mol. The molecule has 1 heterocycles. The minimum Gasteiger partial charge on any atom is -0.338 e. The van der Waals surface area contributed by atoms with Crippen molar-refractivity contribution < 1.29 is 4.79 Å². The summed E-state index contributed by atoms with van der Waals surface area (Å²) in [4.78, 5) is 15.6. The van der Waals surface area contributed by atoms with Gasteiger partial charge >= 0.3 is 0 Å². The Labute approximate surface area is 80.0 Å². The third kappa shape index (κ3) is 2.56. The van der Waals surface area contributed by atoms with Gasteiger partial charge in [0.05, 0.1) is 6.54 Å². The Kier molecular flexibility index (Phi) is 3.48. The monoisotopic (exact) mass is 182 g/mol. The molecule has 0 saturated carbocycles. The molecule has 3 nitrogen and oxygen atoms in total. The van der Waals surface area contributed by atoms with E-state index in [4.69, 9.17) is 0 Å². The number of rotatable bonds is 3. The Bertz CT molecular complexity index is 201. The van der Waals surface area contributed by atoms with Gasteiger partial charge in [-0.2, -0.15) is 0 Å². The van der Waals surface area contributed by atoms with Crippen LogP contribution in [-0.4, -0.2) is 47.9 Å². The second kappa shape index (κ2) is 4.42. The molecular formula is C10H18N2O. The molecule has 1 aliphatic heterocycles. The molecule has 0 radical (unpaired) electrons. The Morgan fingerprint density at radius 3 is 2.69 bits per heavy atom. The van der Waals surface area contributed by atoms with Crippen LogP contribution in [0.4, 0.5) is 0 Å². The van der Waals surface area contributed by atoms with Gasteiger partial charge in [-0.15, -0.1) is 6.58 Å². The lowest BCUT2D eigenvalue weighted by molar-refractivity contribution is -0.137. The van der Waals surface area contributed by atoms with E-state index in [1.54, 1.807) is 0 Å². The lowest BCUT2D eigenvalue weighted by Crippen LogP contribution is -2.52. The molecule has 0 N–H and O–H groups in total. The number of hydrogen-bond donors (Lipinski definition) is 0. The average Bonchev–Trinajstić information content (AvgIpc) is 2.04. The van der Waals surface area contributed by atoms with Crippen LogP contribution in [0.25, 0.3) is 0 Å². The lowest BCUT2D eigenvalue weighted by atomic mass is 10.2. The number of hydrogen-bond acceptors (Lipinski definition) is 2. The SMILES string of the molecule is C=CCN1CCN(C(C)C)C(=O)C1. The molecule has 3 heteroatoms. The van der Waals surface area contributed by atoms with Crippen molar-refractivity contribution in [2.24, 2.45) is 0 Å². The summed E-state index contributed by atoms with van der Waals surface area (Å²) < 4.78 is 0. The van der Waals surface area contributed by atoms with Crippen molar-refractivity contribution in [1.82, 2.24) is 9.80 Å². The summed E-state index contributed by atoms with van der Waals surface area (Å²) in [5.41, 5.74) is 0. The standard InChI is InChI=1S/C10H18N2O/c1-4-5-11-6-7-12(9(2)3)10(13)8-11/h4,9H,1,5-8H2,2-3H3.